The minimum atomic E-state index is -0.560. The van der Waals surface area contributed by atoms with Gasteiger partial charge in [0.25, 0.3) is 11.8 Å². The smallest absolute Gasteiger partial charge is 0.329 e. The molecule has 0 N–H and O–H groups in total. The average Bonchev–Trinajstić information content (AvgIpc) is 3.39. The van der Waals surface area contributed by atoms with Gasteiger partial charge >= 0.3 is 5.97 Å². The van der Waals surface area contributed by atoms with Crippen molar-refractivity contribution in [3.63, 3.8) is 0 Å². The molecule has 0 spiro atoms. The maximum atomic E-state index is 12.4. The number of carbonyl (C=O) groups excluding carboxylic acids is 3. The number of carbonyl (C=O) groups is 3. The number of benzene rings is 1. The summed E-state index contributed by atoms with van der Waals surface area (Å²) in [5.74, 6) is -1.00. The van der Waals surface area contributed by atoms with E-state index in [0.717, 1.165) is 25.6 Å². The molecule has 2 amide bonds. The van der Waals surface area contributed by atoms with Crippen molar-refractivity contribution >= 4 is 17.8 Å². The van der Waals surface area contributed by atoms with E-state index >= 15 is 0 Å². The lowest BCUT2D eigenvalue weighted by molar-refractivity contribution is -0.175. The second kappa shape index (κ2) is 6.02. The lowest BCUT2D eigenvalue weighted by Gasteiger charge is -2.31. The average molecular weight is 328 g/mol. The van der Waals surface area contributed by atoms with E-state index in [0.29, 0.717) is 17.9 Å². The first-order valence-electron chi connectivity index (χ1n) is 8.55. The number of hydroxylamine groups is 2. The summed E-state index contributed by atoms with van der Waals surface area (Å²) in [6.07, 6.45) is 4.08. The van der Waals surface area contributed by atoms with Gasteiger partial charge in [0.05, 0.1) is 17.0 Å². The molecule has 6 nitrogen and oxygen atoms in total. The van der Waals surface area contributed by atoms with E-state index in [-0.39, 0.29) is 17.0 Å². The fourth-order valence-electron chi connectivity index (χ4n) is 3.43. The highest BCUT2D eigenvalue weighted by molar-refractivity contribution is 6.20. The largest absolute Gasteiger partial charge is 0.336 e. The number of fused-ring (bicyclic) bond motifs is 1. The van der Waals surface area contributed by atoms with Gasteiger partial charge in [-0.15, -0.1) is 0 Å². The van der Waals surface area contributed by atoms with Crippen LogP contribution in [0.25, 0.3) is 0 Å². The number of amides is 2. The Kier molecular flexibility index (Phi) is 3.84. The molecule has 0 bridgehead atoms. The van der Waals surface area contributed by atoms with Gasteiger partial charge in [-0.1, -0.05) is 17.2 Å². The maximum Gasteiger partial charge on any atom is 0.336 e. The maximum absolute atomic E-state index is 12.4. The minimum absolute atomic E-state index is 0.246. The summed E-state index contributed by atoms with van der Waals surface area (Å²) in [6.45, 7) is 2.87. The van der Waals surface area contributed by atoms with E-state index in [2.05, 4.69) is 4.90 Å². The standard InChI is InChI=1S/C18H20N2O4/c21-16-14-3-1-2-4-15(14)17(22)20(16)24-18(23)13-7-9-19(10-8-13)11-12-5-6-12/h1-4,12-13H,5-11H2. The fraction of sp³-hybridized carbons (Fsp3) is 0.500. The van der Waals surface area contributed by atoms with Crippen LogP contribution < -0.4 is 0 Å². The van der Waals surface area contributed by atoms with Crippen LogP contribution in [0.3, 0.4) is 0 Å². The van der Waals surface area contributed by atoms with Crippen molar-refractivity contribution in [3.8, 4) is 0 Å². The summed E-state index contributed by atoms with van der Waals surface area (Å²) in [7, 11) is 0. The first-order chi connectivity index (χ1) is 11.6. The van der Waals surface area contributed by atoms with Gasteiger partial charge in [-0.25, -0.2) is 4.79 Å². The fourth-order valence-corrected chi connectivity index (χ4v) is 3.43. The number of hydrogen-bond donors (Lipinski definition) is 0. The van der Waals surface area contributed by atoms with Gasteiger partial charge in [0.1, 0.15) is 0 Å². The third kappa shape index (κ3) is 2.82. The van der Waals surface area contributed by atoms with Crippen molar-refractivity contribution in [1.82, 2.24) is 9.96 Å². The Labute approximate surface area is 140 Å². The van der Waals surface area contributed by atoms with Gasteiger partial charge in [0, 0.05) is 6.54 Å². The number of piperidine rings is 1. The molecule has 4 rings (SSSR count). The van der Waals surface area contributed by atoms with E-state index in [9.17, 15) is 14.4 Å². The molecule has 0 aromatic heterocycles. The normalized spacial score (nSPS) is 21.9. The first-order valence-corrected chi connectivity index (χ1v) is 8.55. The predicted molar refractivity (Wildman–Crippen MR) is 84.9 cm³/mol. The molecule has 2 heterocycles. The lowest BCUT2D eigenvalue weighted by atomic mass is 9.97. The number of nitrogens with zero attached hydrogens (tertiary/aromatic N) is 2. The molecular weight excluding hydrogens is 308 g/mol. The van der Waals surface area contributed by atoms with Gasteiger partial charge in [-0.05, 0) is 56.8 Å². The topological polar surface area (TPSA) is 66.9 Å². The monoisotopic (exact) mass is 328 g/mol. The van der Waals surface area contributed by atoms with Crippen LogP contribution in [-0.2, 0) is 9.63 Å². The summed E-state index contributed by atoms with van der Waals surface area (Å²) >= 11 is 0. The van der Waals surface area contributed by atoms with Gasteiger partial charge in [0.15, 0.2) is 0 Å². The quantitative estimate of drug-likeness (QED) is 0.789. The van der Waals surface area contributed by atoms with Crippen LogP contribution in [0.4, 0.5) is 0 Å². The Morgan fingerprint density at radius 1 is 1.00 bits per heavy atom. The molecule has 3 aliphatic rings. The molecule has 1 saturated carbocycles. The molecule has 2 fully saturated rings. The third-order valence-electron chi connectivity index (χ3n) is 5.07. The molecule has 1 saturated heterocycles. The van der Waals surface area contributed by atoms with E-state index in [1.54, 1.807) is 24.3 Å². The number of hydrogen-bond acceptors (Lipinski definition) is 5. The van der Waals surface area contributed by atoms with E-state index < -0.39 is 17.8 Å². The van der Waals surface area contributed by atoms with E-state index in [1.165, 1.54) is 12.8 Å². The zero-order valence-electron chi connectivity index (χ0n) is 13.4. The Bertz CT molecular complexity index is 655. The second-order valence-corrected chi connectivity index (χ2v) is 6.88. The Balaban J connectivity index is 1.35. The van der Waals surface area contributed by atoms with Crippen LogP contribution in [0.1, 0.15) is 46.4 Å². The highest BCUT2D eigenvalue weighted by Crippen LogP contribution is 2.31. The molecule has 2 aliphatic heterocycles. The van der Waals surface area contributed by atoms with Crippen LogP contribution in [0.5, 0.6) is 0 Å². The van der Waals surface area contributed by atoms with Crippen LogP contribution >= 0.6 is 0 Å². The lowest BCUT2D eigenvalue weighted by Crippen LogP contribution is -2.41. The summed E-state index contributed by atoms with van der Waals surface area (Å²) < 4.78 is 0. The van der Waals surface area contributed by atoms with Gasteiger partial charge in [0.2, 0.25) is 0 Å². The molecule has 0 unspecified atom stereocenters. The summed E-state index contributed by atoms with van der Waals surface area (Å²) in [6, 6.07) is 6.51. The third-order valence-corrected chi connectivity index (χ3v) is 5.07. The molecule has 6 heteroatoms. The summed E-state index contributed by atoms with van der Waals surface area (Å²) in [5.41, 5.74) is 0.573. The SMILES string of the molecule is O=C(ON1C(=O)c2ccccc2C1=O)C1CCN(CC2CC2)CC1. The predicted octanol–water partition coefficient (Wildman–Crippen LogP) is 1.86. The Morgan fingerprint density at radius 3 is 2.12 bits per heavy atom. The molecule has 24 heavy (non-hydrogen) atoms. The second-order valence-electron chi connectivity index (χ2n) is 6.88. The van der Waals surface area contributed by atoms with Crippen molar-refractivity contribution in [2.75, 3.05) is 19.6 Å². The van der Waals surface area contributed by atoms with Gasteiger partial charge < -0.3 is 9.74 Å². The molecule has 1 aromatic carbocycles. The van der Waals surface area contributed by atoms with Crippen LogP contribution in [0, 0.1) is 11.8 Å². The Hall–Kier alpha value is -2.21. The highest BCUT2D eigenvalue weighted by atomic mass is 16.7. The van der Waals surface area contributed by atoms with Crippen molar-refractivity contribution in [2.45, 2.75) is 25.7 Å². The van der Waals surface area contributed by atoms with E-state index in [1.807, 2.05) is 0 Å². The molecule has 0 radical (unpaired) electrons. The van der Waals surface area contributed by atoms with E-state index in [4.69, 9.17) is 4.84 Å². The molecule has 126 valence electrons. The summed E-state index contributed by atoms with van der Waals surface area (Å²) in [4.78, 5) is 44.4. The molecule has 1 aromatic rings. The van der Waals surface area contributed by atoms with Crippen LogP contribution in [-0.4, -0.2) is 47.4 Å². The van der Waals surface area contributed by atoms with Crippen molar-refractivity contribution in [3.05, 3.63) is 35.4 Å². The van der Waals surface area contributed by atoms with Gasteiger partial charge in [-0.3, -0.25) is 9.59 Å². The minimum Gasteiger partial charge on any atom is -0.329 e. The molecule has 1 aliphatic carbocycles. The summed E-state index contributed by atoms with van der Waals surface area (Å²) in [5, 5.41) is 0.615. The first kappa shape index (κ1) is 15.3. The highest BCUT2D eigenvalue weighted by Gasteiger charge is 2.40. The number of rotatable bonds is 4. The number of likely N-dealkylation sites (tertiary alicyclic amines) is 1. The van der Waals surface area contributed by atoms with Crippen molar-refractivity contribution in [2.24, 2.45) is 11.8 Å². The molecular formula is C18H20N2O4. The number of imide groups is 1. The van der Waals surface area contributed by atoms with Crippen LogP contribution in [0.2, 0.25) is 0 Å². The zero-order valence-corrected chi connectivity index (χ0v) is 13.4. The van der Waals surface area contributed by atoms with Crippen molar-refractivity contribution < 1.29 is 19.2 Å². The van der Waals surface area contributed by atoms with Crippen LogP contribution in [0.15, 0.2) is 24.3 Å². The Morgan fingerprint density at radius 2 is 1.58 bits per heavy atom. The molecule has 0 atom stereocenters. The zero-order chi connectivity index (χ0) is 16.7. The van der Waals surface area contributed by atoms with Crippen molar-refractivity contribution in [1.29, 1.82) is 0 Å². The van der Waals surface area contributed by atoms with Gasteiger partial charge in [-0.2, -0.15) is 0 Å².